The van der Waals surface area contributed by atoms with Crippen LogP contribution in [0.4, 0.5) is 0 Å². The molecule has 0 spiro atoms. The molecular weight excluding hydrogens is 250 g/mol. The van der Waals surface area contributed by atoms with E-state index in [9.17, 15) is 4.79 Å². The van der Waals surface area contributed by atoms with Crippen LogP contribution in [-0.4, -0.2) is 18.1 Å². The van der Waals surface area contributed by atoms with E-state index in [0.717, 1.165) is 0 Å². The van der Waals surface area contributed by atoms with Crippen LogP contribution in [0.25, 0.3) is 0 Å². The second-order valence-corrected chi connectivity index (χ2v) is 2.83. The highest BCUT2D eigenvalue weighted by atomic mass is 79.9. The zero-order chi connectivity index (χ0) is 10.4. The Labute approximate surface area is 90.5 Å². The number of carbonyl (C=O) groups is 1. The summed E-state index contributed by atoms with van der Waals surface area (Å²) in [5.41, 5.74) is 0.543. The van der Waals surface area contributed by atoms with Crippen molar-refractivity contribution in [1.82, 2.24) is 0 Å². The standard InChI is InChI=1S/C9H11BrNO3/c1-2-14-11-6-4-3-5-8(11)9(12)13-7-10/h3-6H,2,7H2,1H3/q+1. The molecular formula is C9H11BrNO3+. The van der Waals surface area contributed by atoms with E-state index in [4.69, 9.17) is 9.57 Å². The second kappa shape index (κ2) is 5.59. The van der Waals surface area contributed by atoms with Gasteiger partial charge in [0.15, 0.2) is 6.61 Å². The Balaban J connectivity index is 2.88. The van der Waals surface area contributed by atoms with Crippen molar-refractivity contribution in [2.45, 2.75) is 6.92 Å². The number of esters is 1. The minimum absolute atomic E-state index is 0.173. The van der Waals surface area contributed by atoms with Gasteiger partial charge in [0.05, 0.1) is 0 Å². The molecule has 4 nitrogen and oxygen atoms in total. The molecule has 0 saturated carbocycles. The van der Waals surface area contributed by atoms with Gasteiger partial charge in [-0.05, 0) is 28.9 Å². The Morgan fingerprint density at radius 2 is 2.36 bits per heavy atom. The molecule has 0 radical (unpaired) electrons. The molecule has 0 N–H and O–H groups in total. The number of pyridine rings is 1. The van der Waals surface area contributed by atoms with Gasteiger partial charge in [0.25, 0.3) is 0 Å². The van der Waals surface area contributed by atoms with Crippen molar-refractivity contribution in [1.29, 1.82) is 0 Å². The van der Waals surface area contributed by atoms with Gasteiger partial charge < -0.3 is 4.74 Å². The van der Waals surface area contributed by atoms with Crippen molar-refractivity contribution in [2.24, 2.45) is 0 Å². The molecule has 0 unspecified atom stereocenters. The molecule has 1 aromatic rings. The zero-order valence-corrected chi connectivity index (χ0v) is 9.36. The van der Waals surface area contributed by atoms with Gasteiger partial charge in [-0.15, -0.1) is 0 Å². The Morgan fingerprint density at radius 1 is 1.57 bits per heavy atom. The van der Waals surface area contributed by atoms with Crippen LogP contribution in [0.1, 0.15) is 17.4 Å². The molecule has 0 aliphatic heterocycles. The summed E-state index contributed by atoms with van der Waals surface area (Å²) in [6.45, 7) is 2.34. The van der Waals surface area contributed by atoms with Crippen LogP contribution in [-0.2, 0) is 4.74 Å². The van der Waals surface area contributed by atoms with Crippen molar-refractivity contribution < 1.29 is 19.1 Å². The second-order valence-electron chi connectivity index (χ2n) is 2.37. The number of nitrogens with zero attached hydrogens (tertiary/aromatic N) is 1. The minimum Gasteiger partial charge on any atom is -0.446 e. The van der Waals surface area contributed by atoms with E-state index in [1.807, 2.05) is 6.92 Å². The molecule has 0 amide bonds. The normalized spacial score (nSPS) is 9.57. The van der Waals surface area contributed by atoms with Crippen LogP contribution in [0.5, 0.6) is 0 Å². The maximum atomic E-state index is 11.4. The average molecular weight is 261 g/mol. The monoisotopic (exact) mass is 260 g/mol. The lowest BCUT2D eigenvalue weighted by Crippen LogP contribution is -2.47. The maximum Gasteiger partial charge on any atom is 0.409 e. The van der Waals surface area contributed by atoms with E-state index in [2.05, 4.69) is 15.9 Å². The Hall–Kier alpha value is -1.10. The molecule has 0 aliphatic carbocycles. The summed E-state index contributed by atoms with van der Waals surface area (Å²) in [6, 6.07) is 5.17. The SMILES string of the molecule is CCO[n+]1ccccc1C(=O)OCBr. The van der Waals surface area contributed by atoms with Gasteiger partial charge in [-0.1, -0.05) is 0 Å². The van der Waals surface area contributed by atoms with Crippen molar-refractivity contribution in [3.8, 4) is 0 Å². The first-order chi connectivity index (χ1) is 6.79. The summed E-state index contributed by atoms with van der Waals surface area (Å²) in [7, 11) is 0. The number of hydrogen-bond donors (Lipinski definition) is 0. The average Bonchev–Trinajstić information content (AvgIpc) is 2.19. The lowest BCUT2D eigenvalue weighted by Gasteiger charge is -2.00. The van der Waals surface area contributed by atoms with E-state index >= 15 is 0 Å². The van der Waals surface area contributed by atoms with Crippen LogP contribution >= 0.6 is 15.9 Å². The highest BCUT2D eigenvalue weighted by Gasteiger charge is 2.21. The quantitative estimate of drug-likeness (QED) is 0.460. The van der Waals surface area contributed by atoms with Crippen molar-refractivity contribution in [2.75, 3.05) is 12.1 Å². The lowest BCUT2D eigenvalue weighted by molar-refractivity contribution is -0.892. The highest BCUT2D eigenvalue weighted by Crippen LogP contribution is 1.96. The lowest BCUT2D eigenvalue weighted by atomic mass is 10.3. The molecule has 76 valence electrons. The molecule has 0 atom stereocenters. The zero-order valence-electron chi connectivity index (χ0n) is 7.77. The maximum absolute atomic E-state index is 11.4. The predicted octanol–water partition coefficient (Wildman–Crippen LogP) is 0.932. The number of hydrogen-bond acceptors (Lipinski definition) is 3. The first-order valence-electron chi connectivity index (χ1n) is 4.16. The van der Waals surface area contributed by atoms with E-state index in [1.54, 1.807) is 24.4 Å². The Kier molecular flexibility index (Phi) is 4.39. The highest BCUT2D eigenvalue weighted by molar-refractivity contribution is 9.09. The van der Waals surface area contributed by atoms with Gasteiger partial charge in [-0.3, -0.25) is 4.84 Å². The topological polar surface area (TPSA) is 39.4 Å². The van der Waals surface area contributed by atoms with E-state index in [1.165, 1.54) is 4.73 Å². The summed E-state index contributed by atoms with van der Waals surface area (Å²) in [5, 5.41) is 0. The summed E-state index contributed by atoms with van der Waals surface area (Å²) in [4.78, 5) is 16.6. The van der Waals surface area contributed by atoms with E-state index in [-0.39, 0.29) is 5.52 Å². The van der Waals surface area contributed by atoms with E-state index in [0.29, 0.717) is 12.3 Å². The summed E-state index contributed by atoms with van der Waals surface area (Å²) in [6.07, 6.45) is 1.66. The molecule has 1 rings (SSSR count). The molecule has 0 saturated heterocycles. The van der Waals surface area contributed by atoms with Crippen LogP contribution in [0.3, 0.4) is 0 Å². The van der Waals surface area contributed by atoms with Crippen molar-refractivity contribution in [3.63, 3.8) is 0 Å². The molecule has 0 aliphatic rings. The fourth-order valence-electron chi connectivity index (χ4n) is 0.961. The minimum atomic E-state index is -0.420. The smallest absolute Gasteiger partial charge is 0.409 e. The first kappa shape index (κ1) is 11.0. The van der Waals surface area contributed by atoms with Gasteiger partial charge >= 0.3 is 11.7 Å². The van der Waals surface area contributed by atoms with E-state index < -0.39 is 5.97 Å². The molecule has 1 aromatic heterocycles. The number of aromatic nitrogens is 1. The summed E-state index contributed by atoms with van der Waals surface area (Å²) >= 11 is 3.02. The third-order valence-corrected chi connectivity index (χ3v) is 1.72. The van der Waals surface area contributed by atoms with Gasteiger partial charge in [-0.2, -0.15) is 0 Å². The van der Waals surface area contributed by atoms with Crippen LogP contribution < -0.4 is 9.57 Å². The molecule has 1 heterocycles. The molecule has 0 bridgehead atoms. The van der Waals surface area contributed by atoms with Crippen LogP contribution in [0.15, 0.2) is 24.4 Å². The number of rotatable bonds is 4. The number of alkyl halides is 1. The summed E-state index contributed by atoms with van der Waals surface area (Å²) in [5.74, 6) is -0.420. The van der Waals surface area contributed by atoms with Crippen LogP contribution in [0.2, 0.25) is 0 Å². The van der Waals surface area contributed by atoms with Gasteiger partial charge in [-0.25, -0.2) is 4.79 Å². The fraction of sp³-hybridized carbons (Fsp3) is 0.333. The Morgan fingerprint density at radius 3 is 3.00 bits per heavy atom. The third kappa shape index (κ3) is 2.70. The molecule has 0 fully saturated rings. The van der Waals surface area contributed by atoms with Gasteiger partial charge in [0.2, 0.25) is 6.20 Å². The molecule has 0 aromatic carbocycles. The molecule has 14 heavy (non-hydrogen) atoms. The first-order valence-corrected chi connectivity index (χ1v) is 5.28. The van der Waals surface area contributed by atoms with Crippen molar-refractivity contribution in [3.05, 3.63) is 30.1 Å². The Bertz CT molecular complexity index is 317. The van der Waals surface area contributed by atoms with Gasteiger partial charge in [0.1, 0.15) is 5.52 Å². The summed E-state index contributed by atoms with van der Waals surface area (Å²) < 4.78 is 6.19. The third-order valence-electron chi connectivity index (χ3n) is 1.49. The predicted molar refractivity (Wildman–Crippen MR) is 53.0 cm³/mol. The number of ether oxygens (including phenoxy) is 1. The fourth-order valence-corrected chi connectivity index (χ4v) is 1.17. The van der Waals surface area contributed by atoms with Gasteiger partial charge in [0, 0.05) is 16.9 Å². The largest absolute Gasteiger partial charge is 0.446 e. The van der Waals surface area contributed by atoms with Crippen molar-refractivity contribution >= 4 is 21.9 Å². The van der Waals surface area contributed by atoms with Crippen LogP contribution in [0, 0.1) is 0 Å². The molecule has 5 heteroatoms. The number of halogens is 1. The number of carbonyl (C=O) groups excluding carboxylic acids is 1.